The van der Waals surface area contributed by atoms with E-state index >= 15 is 0 Å². The summed E-state index contributed by atoms with van der Waals surface area (Å²) >= 11 is 0. The number of hydrogen-bond acceptors (Lipinski definition) is 2. The van der Waals surface area contributed by atoms with E-state index in [1.807, 2.05) is 0 Å². The maximum atomic E-state index is 3.77. The second-order valence-electron chi connectivity index (χ2n) is 5.62. The molecule has 1 fully saturated rings. The van der Waals surface area contributed by atoms with E-state index in [-0.39, 0.29) is 0 Å². The first-order valence-corrected chi connectivity index (χ1v) is 6.48. The molecule has 0 aromatic carbocycles. The van der Waals surface area contributed by atoms with Gasteiger partial charge in [-0.1, -0.05) is 6.92 Å². The summed E-state index contributed by atoms with van der Waals surface area (Å²) in [5.74, 6) is 0.958. The van der Waals surface area contributed by atoms with Crippen molar-refractivity contribution in [2.24, 2.45) is 5.92 Å². The third kappa shape index (κ3) is 5.53. The highest BCUT2D eigenvalue weighted by molar-refractivity contribution is 4.77. The third-order valence-electron chi connectivity index (χ3n) is 3.55. The van der Waals surface area contributed by atoms with Gasteiger partial charge in [-0.3, -0.25) is 0 Å². The smallest absolute Gasteiger partial charge is 0.00697 e. The fraction of sp³-hybridized carbons (Fsp3) is 1.00. The molecule has 1 saturated carbocycles. The van der Waals surface area contributed by atoms with Gasteiger partial charge in [0.25, 0.3) is 0 Å². The Morgan fingerprint density at radius 3 is 2.33 bits per heavy atom. The van der Waals surface area contributed by atoms with Crippen LogP contribution in [0.4, 0.5) is 0 Å². The molecule has 2 nitrogen and oxygen atoms in total. The van der Waals surface area contributed by atoms with Crippen LogP contribution in [0.3, 0.4) is 0 Å². The molecule has 1 N–H and O–H groups in total. The Morgan fingerprint density at radius 2 is 1.80 bits per heavy atom. The van der Waals surface area contributed by atoms with Crippen LogP contribution in [-0.4, -0.2) is 37.6 Å². The number of nitrogens with one attached hydrogen (secondary N) is 1. The van der Waals surface area contributed by atoms with Crippen molar-refractivity contribution in [3.05, 3.63) is 0 Å². The Labute approximate surface area is 95.4 Å². The molecule has 0 saturated heterocycles. The average Bonchev–Trinajstić information content (AvgIpc) is 2.19. The monoisotopic (exact) mass is 212 g/mol. The summed E-state index contributed by atoms with van der Waals surface area (Å²) in [6.45, 7) is 5.89. The molecule has 0 heterocycles. The Balaban J connectivity index is 2.12. The lowest BCUT2D eigenvalue weighted by Gasteiger charge is -2.30. The van der Waals surface area contributed by atoms with Crippen molar-refractivity contribution in [2.45, 2.75) is 58.0 Å². The SMILES string of the molecule is CC1CCC(NC(C)CCN(C)C)CC1. The van der Waals surface area contributed by atoms with Crippen molar-refractivity contribution in [3.8, 4) is 0 Å². The van der Waals surface area contributed by atoms with Crippen LogP contribution in [0.2, 0.25) is 0 Å². The second-order valence-corrected chi connectivity index (χ2v) is 5.62. The molecule has 1 aliphatic rings. The molecule has 1 aliphatic carbocycles. The number of rotatable bonds is 5. The quantitative estimate of drug-likeness (QED) is 0.753. The second kappa shape index (κ2) is 6.49. The van der Waals surface area contributed by atoms with Gasteiger partial charge in [0.2, 0.25) is 0 Å². The summed E-state index contributed by atoms with van der Waals surface area (Å²) in [5.41, 5.74) is 0. The minimum atomic E-state index is 0.672. The Bertz CT molecular complexity index is 160. The van der Waals surface area contributed by atoms with Crippen LogP contribution >= 0.6 is 0 Å². The molecular weight excluding hydrogens is 184 g/mol. The van der Waals surface area contributed by atoms with Crippen LogP contribution in [0.5, 0.6) is 0 Å². The molecule has 2 heteroatoms. The Morgan fingerprint density at radius 1 is 1.20 bits per heavy atom. The van der Waals surface area contributed by atoms with Crippen LogP contribution in [0.25, 0.3) is 0 Å². The van der Waals surface area contributed by atoms with Crippen LogP contribution < -0.4 is 5.32 Å². The van der Waals surface area contributed by atoms with Crippen molar-refractivity contribution in [2.75, 3.05) is 20.6 Å². The maximum absolute atomic E-state index is 3.77. The highest BCUT2D eigenvalue weighted by Crippen LogP contribution is 2.23. The molecule has 0 bridgehead atoms. The first-order chi connectivity index (χ1) is 7.08. The van der Waals surface area contributed by atoms with E-state index < -0.39 is 0 Å². The van der Waals surface area contributed by atoms with Crippen LogP contribution in [0.1, 0.15) is 46.0 Å². The topological polar surface area (TPSA) is 15.3 Å². The fourth-order valence-electron chi connectivity index (χ4n) is 2.36. The van der Waals surface area contributed by atoms with Gasteiger partial charge < -0.3 is 10.2 Å². The molecule has 0 aromatic rings. The Hall–Kier alpha value is -0.0800. The van der Waals surface area contributed by atoms with Crippen molar-refractivity contribution < 1.29 is 0 Å². The molecule has 90 valence electrons. The highest BCUT2D eigenvalue weighted by Gasteiger charge is 2.19. The van der Waals surface area contributed by atoms with E-state index in [0.717, 1.165) is 12.0 Å². The van der Waals surface area contributed by atoms with Gasteiger partial charge in [0.1, 0.15) is 0 Å². The first-order valence-electron chi connectivity index (χ1n) is 6.48. The normalized spacial score (nSPS) is 29.4. The van der Waals surface area contributed by atoms with E-state index in [1.54, 1.807) is 0 Å². The van der Waals surface area contributed by atoms with E-state index in [1.165, 1.54) is 38.6 Å². The zero-order valence-electron chi connectivity index (χ0n) is 10.9. The largest absolute Gasteiger partial charge is 0.311 e. The van der Waals surface area contributed by atoms with Gasteiger partial charge in [-0.05, 0) is 65.6 Å². The number of nitrogens with zero attached hydrogens (tertiary/aromatic N) is 1. The van der Waals surface area contributed by atoms with Gasteiger partial charge in [0.05, 0.1) is 0 Å². The predicted molar refractivity (Wildman–Crippen MR) is 67.2 cm³/mol. The van der Waals surface area contributed by atoms with Crippen LogP contribution in [0.15, 0.2) is 0 Å². The molecule has 0 aliphatic heterocycles. The lowest BCUT2D eigenvalue weighted by molar-refractivity contribution is 0.276. The molecule has 15 heavy (non-hydrogen) atoms. The van der Waals surface area contributed by atoms with Gasteiger partial charge in [-0.2, -0.15) is 0 Å². The van der Waals surface area contributed by atoms with Crippen LogP contribution in [0, 0.1) is 5.92 Å². The van der Waals surface area contributed by atoms with Gasteiger partial charge >= 0.3 is 0 Å². The molecule has 0 aromatic heterocycles. The summed E-state index contributed by atoms with van der Waals surface area (Å²) < 4.78 is 0. The highest BCUT2D eigenvalue weighted by atomic mass is 15.1. The lowest BCUT2D eigenvalue weighted by atomic mass is 9.87. The zero-order chi connectivity index (χ0) is 11.3. The molecule has 1 unspecified atom stereocenters. The lowest BCUT2D eigenvalue weighted by Crippen LogP contribution is -2.40. The van der Waals surface area contributed by atoms with Crippen molar-refractivity contribution in [3.63, 3.8) is 0 Å². The third-order valence-corrected chi connectivity index (χ3v) is 3.55. The minimum absolute atomic E-state index is 0.672. The van der Waals surface area contributed by atoms with Gasteiger partial charge in [-0.25, -0.2) is 0 Å². The van der Waals surface area contributed by atoms with Gasteiger partial charge in [0.15, 0.2) is 0 Å². The average molecular weight is 212 g/mol. The summed E-state index contributed by atoms with van der Waals surface area (Å²) in [4.78, 5) is 2.27. The molecule has 1 atom stereocenters. The van der Waals surface area contributed by atoms with E-state index in [2.05, 4.69) is 38.2 Å². The molecule has 0 spiro atoms. The first kappa shape index (κ1) is 13.0. The molecule has 0 amide bonds. The van der Waals surface area contributed by atoms with Crippen molar-refractivity contribution in [1.29, 1.82) is 0 Å². The standard InChI is InChI=1S/C13H28N2/c1-11-5-7-13(8-6-11)14-12(2)9-10-15(3)4/h11-14H,5-10H2,1-4H3. The van der Waals surface area contributed by atoms with Crippen molar-refractivity contribution in [1.82, 2.24) is 10.2 Å². The fourth-order valence-corrected chi connectivity index (χ4v) is 2.36. The van der Waals surface area contributed by atoms with Gasteiger partial charge in [-0.15, -0.1) is 0 Å². The minimum Gasteiger partial charge on any atom is -0.311 e. The zero-order valence-corrected chi connectivity index (χ0v) is 10.9. The van der Waals surface area contributed by atoms with E-state index in [0.29, 0.717) is 6.04 Å². The van der Waals surface area contributed by atoms with Gasteiger partial charge in [0, 0.05) is 12.1 Å². The van der Waals surface area contributed by atoms with E-state index in [9.17, 15) is 0 Å². The Kier molecular flexibility index (Phi) is 5.62. The van der Waals surface area contributed by atoms with E-state index in [4.69, 9.17) is 0 Å². The molecular formula is C13H28N2. The summed E-state index contributed by atoms with van der Waals surface area (Å²) in [5, 5.41) is 3.77. The molecule has 0 radical (unpaired) electrons. The number of hydrogen-bond donors (Lipinski definition) is 1. The summed E-state index contributed by atoms with van der Waals surface area (Å²) in [6, 6.07) is 1.46. The summed E-state index contributed by atoms with van der Waals surface area (Å²) in [6.07, 6.45) is 6.86. The summed E-state index contributed by atoms with van der Waals surface area (Å²) in [7, 11) is 4.30. The predicted octanol–water partition coefficient (Wildman–Crippen LogP) is 2.49. The van der Waals surface area contributed by atoms with Crippen molar-refractivity contribution >= 4 is 0 Å². The van der Waals surface area contributed by atoms with Crippen LogP contribution in [-0.2, 0) is 0 Å². The maximum Gasteiger partial charge on any atom is 0.00697 e. The molecule has 1 rings (SSSR count).